The standard InChI is InChI=1S/C25H43Cl2N/c1-23(2)13-11-9-7-5-3-4-6-8-10-12-14-24-15-17-25(18-16-24)28(21-19-26)22-20-27/h15-18,23H,3-14,19-22H2,1-2H3. The van der Waals surface area contributed by atoms with Crippen LogP contribution in [-0.2, 0) is 6.42 Å². The summed E-state index contributed by atoms with van der Waals surface area (Å²) in [4.78, 5) is 2.26. The zero-order chi connectivity index (χ0) is 20.5. The molecule has 0 amide bonds. The van der Waals surface area contributed by atoms with Gasteiger partial charge in [-0.05, 0) is 36.5 Å². The van der Waals surface area contributed by atoms with Gasteiger partial charge in [0.15, 0.2) is 0 Å². The van der Waals surface area contributed by atoms with Gasteiger partial charge in [-0.25, -0.2) is 0 Å². The number of aryl methyl sites for hydroxylation is 1. The van der Waals surface area contributed by atoms with Gasteiger partial charge in [-0.15, -0.1) is 23.2 Å². The van der Waals surface area contributed by atoms with Gasteiger partial charge in [0.2, 0.25) is 0 Å². The van der Waals surface area contributed by atoms with Gasteiger partial charge < -0.3 is 4.90 Å². The van der Waals surface area contributed by atoms with Gasteiger partial charge in [0, 0.05) is 30.5 Å². The third-order valence-corrected chi connectivity index (χ3v) is 5.85. The molecule has 1 rings (SSSR count). The predicted molar refractivity (Wildman–Crippen MR) is 129 cm³/mol. The monoisotopic (exact) mass is 427 g/mol. The number of benzene rings is 1. The maximum atomic E-state index is 5.90. The minimum absolute atomic E-state index is 0.636. The molecule has 0 radical (unpaired) electrons. The van der Waals surface area contributed by atoms with Crippen molar-refractivity contribution in [1.29, 1.82) is 0 Å². The summed E-state index contributed by atoms with van der Waals surface area (Å²) in [5.41, 5.74) is 2.68. The number of halogens is 2. The third kappa shape index (κ3) is 12.9. The van der Waals surface area contributed by atoms with Gasteiger partial charge >= 0.3 is 0 Å². The molecule has 1 nitrogen and oxygen atoms in total. The van der Waals surface area contributed by atoms with Crippen LogP contribution < -0.4 is 4.90 Å². The van der Waals surface area contributed by atoms with E-state index < -0.39 is 0 Å². The van der Waals surface area contributed by atoms with Crippen molar-refractivity contribution in [3.63, 3.8) is 0 Å². The van der Waals surface area contributed by atoms with E-state index in [2.05, 4.69) is 43.0 Å². The highest BCUT2D eigenvalue weighted by atomic mass is 35.5. The van der Waals surface area contributed by atoms with Gasteiger partial charge in [0.25, 0.3) is 0 Å². The molecule has 0 heterocycles. The van der Waals surface area contributed by atoms with Crippen molar-refractivity contribution in [2.24, 2.45) is 5.92 Å². The van der Waals surface area contributed by atoms with Crippen LogP contribution in [0.25, 0.3) is 0 Å². The molecule has 0 aliphatic heterocycles. The van der Waals surface area contributed by atoms with E-state index in [-0.39, 0.29) is 0 Å². The van der Waals surface area contributed by atoms with Crippen LogP contribution in [0.2, 0.25) is 0 Å². The Hall–Kier alpha value is -0.400. The molecule has 0 atom stereocenters. The molecule has 0 aromatic heterocycles. The van der Waals surface area contributed by atoms with Crippen molar-refractivity contribution >= 4 is 28.9 Å². The average Bonchev–Trinajstić information content (AvgIpc) is 2.69. The van der Waals surface area contributed by atoms with Gasteiger partial charge in [-0.3, -0.25) is 0 Å². The van der Waals surface area contributed by atoms with Crippen LogP contribution in [0, 0.1) is 5.92 Å². The summed E-state index contributed by atoms with van der Waals surface area (Å²) in [6.45, 7) is 6.36. The normalized spacial score (nSPS) is 11.3. The number of rotatable bonds is 18. The fourth-order valence-electron chi connectivity index (χ4n) is 3.74. The van der Waals surface area contributed by atoms with Crippen LogP contribution in [0.3, 0.4) is 0 Å². The molecule has 0 saturated heterocycles. The minimum Gasteiger partial charge on any atom is -0.369 e. The Morgan fingerprint density at radius 2 is 1.14 bits per heavy atom. The number of alkyl halides is 2. The molecule has 0 aliphatic rings. The summed E-state index contributed by atoms with van der Waals surface area (Å²) in [7, 11) is 0. The summed E-state index contributed by atoms with van der Waals surface area (Å²) in [6, 6.07) is 8.97. The Bertz CT molecular complexity index is 452. The second kappa shape index (κ2) is 17.5. The van der Waals surface area contributed by atoms with Crippen molar-refractivity contribution < 1.29 is 0 Å². The molecule has 0 N–H and O–H groups in total. The second-order valence-electron chi connectivity index (χ2n) is 8.50. The van der Waals surface area contributed by atoms with Crippen molar-refractivity contribution in [3.8, 4) is 0 Å². The highest BCUT2D eigenvalue weighted by Gasteiger charge is 2.05. The van der Waals surface area contributed by atoms with E-state index in [1.54, 1.807) is 0 Å². The van der Waals surface area contributed by atoms with Crippen molar-refractivity contribution in [3.05, 3.63) is 29.8 Å². The lowest BCUT2D eigenvalue weighted by Crippen LogP contribution is -2.27. The summed E-state index contributed by atoms with van der Waals surface area (Å²) in [5.74, 6) is 2.15. The molecular formula is C25H43Cl2N. The first-order valence-electron chi connectivity index (χ1n) is 11.6. The predicted octanol–water partition coefficient (Wildman–Crippen LogP) is 8.46. The van der Waals surface area contributed by atoms with Gasteiger partial charge in [-0.1, -0.05) is 90.2 Å². The summed E-state index contributed by atoms with van der Waals surface area (Å²) in [5, 5.41) is 0. The Balaban J connectivity index is 2.03. The van der Waals surface area contributed by atoms with Crippen molar-refractivity contribution in [1.82, 2.24) is 0 Å². The minimum atomic E-state index is 0.636. The molecular weight excluding hydrogens is 385 g/mol. The highest BCUT2D eigenvalue weighted by Crippen LogP contribution is 2.18. The quantitative estimate of drug-likeness (QED) is 0.167. The first kappa shape index (κ1) is 25.6. The van der Waals surface area contributed by atoms with Crippen molar-refractivity contribution in [2.75, 3.05) is 29.7 Å². The van der Waals surface area contributed by atoms with E-state index in [9.17, 15) is 0 Å². The van der Waals surface area contributed by atoms with E-state index in [0.29, 0.717) is 11.8 Å². The summed E-state index contributed by atoms with van der Waals surface area (Å²) < 4.78 is 0. The molecule has 1 aromatic carbocycles. The van der Waals surface area contributed by atoms with E-state index in [1.165, 1.54) is 88.3 Å². The Morgan fingerprint density at radius 1 is 0.679 bits per heavy atom. The summed E-state index contributed by atoms with van der Waals surface area (Å²) >= 11 is 11.8. The second-order valence-corrected chi connectivity index (χ2v) is 9.26. The third-order valence-electron chi connectivity index (χ3n) is 5.51. The molecule has 28 heavy (non-hydrogen) atoms. The topological polar surface area (TPSA) is 3.24 Å². The average molecular weight is 429 g/mol. The lowest BCUT2D eigenvalue weighted by Gasteiger charge is -2.23. The Morgan fingerprint density at radius 3 is 1.61 bits per heavy atom. The van der Waals surface area contributed by atoms with Crippen LogP contribution >= 0.6 is 23.2 Å². The van der Waals surface area contributed by atoms with E-state index in [0.717, 1.165) is 19.0 Å². The smallest absolute Gasteiger partial charge is 0.0399 e. The number of unbranched alkanes of at least 4 members (excludes halogenated alkanes) is 9. The van der Waals surface area contributed by atoms with Crippen LogP contribution in [0.4, 0.5) is 5.69 Å². The van der Waals surface area contributed by atoms with Gasteiger partial charge in [-0.2, -0.15) is 0 Å². The zero-order valence-electron chi connectivity index (χ0n) is 18.4. The van der Waals surface area contributed by atoms with E-state index >= 15 is 0 Å². The number of anilines is 1. The molecule has 0 spiro atoms. The van der Waals surface area contributed by atoms with Gasteiger partial charge in [0.05, 0.1) is 0 Å². The highest BCUT2D eigenvalue weighted by molar-refractivity contribution is 6.18. The fraction of sp³-hybridized carbons (Fsp3) is 0.760. The largest absolute Gasteiger partial charge is 0.369 e. The van der Waals surface area contributed by atoms with Crippen LogP contribution in [0.15, 0.2) is 24.3 Å². The molecule has 0 unspecified atom stereocenters. The number of hydrogen-bond acceptors (Lipinski definition) is 1. The number of nitrogens with zero attached hydrogens (tertiary/aromatic N) is 1. The number of hydrogen-bond donors (Lipinski definition) is 0. The van der Waals surface area contributed by atoms with Crippen LogP contribution in [0.1, 0.15) is 90.0 Å². The molecule has 3 heteroatoms. The lowest BCUT2D eigenvalue weighted by molar-refractivity contribution is 0.505. The molecule has 1 aromatic rings. The van der Waals surface area contributed by atoms with E-state index in [4.69, 9.17) is 23.2 Å². The molecule has 162 valence electrons. The lowest BCUT2D eigenvalue weighted by atomic mass is 10.0. The fourth-order valence-corrected chi connectivity index (χ4v) is 4.15. The first-order chi connectivity index (χ1) is 13.7. The van der Waals surface area contributed by atoms with Crippen molar-refractivity contribution in [2.45, 2.75) is 90.9 Å². The molecule has 0 saturated carbocycles. The molecule has 0 bridgehead atoms. The molecule has 0 fully saturated rings. The molecule has 0 aliphatic carbocycles. The van der Waals surface area contributed by atoms with Crippen LogP contribution in [-0.4, -0.2) is 24.8 Å². The van der Waals surface area contributed by atoms with Crippen LogP contribution in [0.5, 0.6) is 0 Å². The first-order valence-corrected chi connectivity index (χ1v) is 12.7. The van der Waals surface area contributed by atoms with E-state index in [1.807, 2.05) is 0 Å². The SMILES string of the molecule is CC(C)CCCCCCCCCCCCc1ccc(N(CCCl)CCCl)cc1. The Labute approximate surface area is 185 Å². The van der Waals surface area contributed by atoms with Gasteiger partial charge in [0.1, 0.15) is 0 Å². The maximum Gasteiger partial charge on any atom is 0.0399 e. The maximum absolute atomic E-state index is 5.90. The Kier molecular flexibility index (Phi) is 16.0. The zero-order valence-corrected chi connectivity index (χ0v) is 19.9. The summed E-state index contributed by atoms with van der Waals surface area (Å²) in [6.07, 6.45) is 16.7.